The Labute approximate surface area is 83.3 Å². The Morgan fingerprint density at radius 1 is 1.71 bits per heavy atom. The van der Waals surface area contributed by atoms with E-state index in [1.165, 1.54) is 6.92 Å². The van der Waals surface area contributed by atoms with Crippen molar-refractivity contribution >= 4 is 5.91 Å². The van der Waals surface area contributed by atoms with Crippen LogP contribution in [0.4, 0.5) is 0 Å². The highest BCUT2D eigenvalue weighted by Crippen LogP contribution is 1.90. The molecule has 0 atom stereocenters. The molecule has 0 aromatic carbocycles. The highest BCUT2D eigenvalue weighted by Gasteiger charge is 1.89. The van der Waals surface area contributed by atoms with E-state index in [-0.39, 0.29) is 5.91 Å². The molecule has 0 unspecified atom stereocenters. The standard InChI is InChI=1S/C10H13N3O/c1-9(14)11-7-4-3-5-10-6-8-13(2)12-10/h6,8H,4,7H2,1-2H3,(H,11,14). The predicted molar refractivity (Wildman–Crippen MR) is 53.4 cm³/mol. The Balaban J connectivity index is 2.30. The second kappa shape index (κ2) is 5.07. The number of hydrogen-bond donors (Lipinski definition) is 1. The van der Waals surface area contributed by atoms with Gasteiger partial charge >= 0.3 is 0 Å². The average molecular weight is 191 g/mol. The lowest BCUT2D eigenvalue weighted by molar-refractivity contribution is -0.118. The van der Waals surface area contributed by atoms with Crippen LogP contribution < -0.4 is 5.32 Å². The zero-order valence-electron chi connectivity index (χ0n) is 8.37. The van der Waals surface area contributed by atoms with Crippen LogP contribution in [0.25, 0.3) is 0 Å². The Bertz CT molecular complexity index is 370. The molecule has 0 saturated heterocycles. The topological polar surface area (TPSA) is 46.9 Å². The molecule has 1 aromatic rings. The number of carbonyl (C=O) groups excluding carboxylic acids is 1. The summed E-state index contributed by atoms with van der Waals surface area (Å²) in [5.41, 5.74) is 0.760. The quantitative estimate of drug-likeness (QED) is 0.540. The summed E-state index contributed by atoms with van der Waals surface area (Å²) >= 11 is 0. The van der Waals surface area contributed by atoms with E-state index in [2.05, 4.69) is 22.3 Å². The molecule has 1 N–H and O–H groups in total. The maximum absolute atomic E-state index is 10.5. The smallest absolute Gasteiger partial charge is 0.216 e. The van der Waals surface area contributed by atoms with E-state index in [1.54, 1.807) is 4.68 Å². The van der Waals surface area contributed by atoms with Crippen molar-refractivity contribution in [1.82, 2.24) is 15.1 Å². The molecule has 14 heavy (non-hydrogen) atoms. The van der Waals surface area contributed by atoms with Crippen molar-refractivity contribution in [3.05, 3.63) is 18.0 Å². The van der Waals surface area contributed by atoms with Gasteiger partial charge in [-0.1, -0.05) is 5.92 Å². The summed E-state index contributed by atoms with van der Waals surface area (Å²) in [5.74, 6) is 5.81. The van der Waals surface area contributed by atoms with Gasteiger partial charge < -0.3 is 5.32 Å². The molecule has 1 rings (SSSR count). The Morgan fingerprint density at radius 3 is 3.07 bits per heavy atom. The van der Waals surface area contributed by atoms with Gasteiger partial charge in [-0.25, -0.2) is 0 Å². The molecule has 0 radical (unpaired) electrons. The van der Waals surface area contributed by atoms with Crippen molar-refractivity contribution in [2.75, 3.05) is 6.54 Å². The van der Waals surface area contributed by atoms with Crippen LogP contribution in [-0.2, 0) is 11.8 Å². The average Bonchev–Trinajstić information content (AvgIpc) is 2.50. The molecule has 0 bridgehead atoms. The number of nitrogens with one attached hydrogen (secondary N) is 1. The number of aryl methyl sites for hydroxylation is 1. The van der Waals surface area contributed by atoms with Crippen LogP contribution >= 0.6 is 0 Å². The summed E-state index contributed by atoms with van der Waals surface area (Å²) in [5, 5.41) is 6.77. The second-order valence-corrected chi connectivity index (χ2v) is 2.91. The molecule has 0 saturated carbocycles. The number of rotatable bonds is 2. The maximum atomic E-state index is 10.5. The van der Waals surface area contributed by atoms with Crippen molar-refractivity contribution in [2.24, 2.45) is 7.05 Å². The minimum Gasteiger partial charge on any atom is -0.355 e. The van der Waals surface area contributed by atoms with Gasteiger partial charge in [0.2, 0.25) is 5.91 Å². The molecule has 0 aliphatic rings. The SMILES string of the molecule is CC(=O)NCCC#Cc1ccn(C)n1. The van der Waals surface area contributed by atoms with Gasteiger partial charge in [0, 0.05) is 33.1 Å². The number of hydrogen-bond acceptors (Lipinski definition) is 2. The summed E-state index contributed by atoms with van der Waals surface area (Å²) in [4.78, 5) is 10.5. The van der Waals surface area contributed by atoms with Gasteiger partial charge in [-0.15, -0.1) is 0 Å². The fourth-order valence-electron chi connectivity index (χ4n) is 0.936. The summed E-state index contributed by atoms with van der Waals surface area (Å²) in [6.07, 6.45) is 2.49. The van der Waals surface area contributed by atoms with Crippen LogP contribution in [0, 0.1) is 11.8 Å². The number of amides is 1. The van der Waals surface area contributed by atoms with Crippen LogP contribution in [0.1, 0.15) is 19.0 Å². The molecule has 4 nitrogen and oxygen atoms in total. The van der Waals surface area contributed by atoms with Gasteiger partial charge in [0.25, 0.3) is 0 Å². The first-order chi connectivity index (χ1) is 6.68. The lowest BCUT2D eigenvalue weighted by Gasteiger charge is -1.94. The molecule has 1 aromatic heterocycles. The first kappa shape index (κ1) is 10.3. The van der Waals surface area contributed by atoms with E-state index in [0.29, 0.717) is 13.0 Å². The molecular weight excluding hydrogens is 178 g/mol. The Hall–Kier alpha value is -1.76. The third-order valence-electron chi connectivity index (χ3n) is 1.55. The van der Waals surface area contributed by atoms with Crippen molar-refractivity contribution in [2.45, 2.75) is 13.3 Å². The van der Waals surface area contributed by atoms with E-state index < -0.39 is 0 Å². The van der Waals surface area contributed by atoms with Gasteiger partial charge in [0.15, 0.2) is 0 Å². The van der Waals surface area contributed by atoms with Crippen LogP contribution in [0.3, 0.4) is 0 Å². The molecule has 0 spiro atoms. The van der Waals surface area contributed by atoms with Crippen molar-refractivity contribution in [1.29, 1.82) is 0 Å². The predicted octanol–water partition coefficient (Wildman–Crippen LogP) is 0.298. The highest BCUT2D eigenvalue weighted by atomic mass is 16.1. The fraction of sp³-hybridized carbons (Fsp3) is 0.400. The number of nitrogens with zero attached hydrogens (tertiary/aromatic N) is 2. The minimum atomic E-state index is -0.0235. The Morgan fingerprint density at radius 2 is 2.50 bits per heavy atom. The normalized spacial score (nSPS) is 9.00. The molecule has 1 amide bonds. The number of aromatic nitrogens is 2. The Kier molecular flexibility index (Phi) is 3.74. The van der Waals surface area contributed by atoms with Crippen LogP contribution in [-0.4, -0.2) is 22.2 Å². The molecule has 4 heteroatoms. The van der Waals surface area contributed by atoms with Gasteiger partial charge in [-0.05, 0) is 12.0 Å². The first-order valence-electron chi connectivity index (χ1n) is 4.41. The lowest BCUT2D eigenvalue weighted by Crippen LogP contribution is -2.20. The fourth-order valence-corrected chi connectivity index (χ4v) is 0.936. The first-order valence-corrected chi connectivity index (χ1v) is 4.41. The van der Waals surface area contributed by atoms with Gasteiger partial charge in [0.05, 0.1) is 0 Å². The molecular formula is C10H13N3O. The molecule has 0 fully saturated rings. The summed E-state index contributed by atoms with van der Waals surface area (Å²) in [7, 11) is 1.85. The summed E-state index contributed by atoms with van der Waals surface area (Å²) in [6.45, 7) is 2.08. The van der Waals surface area contributed by atoms with Gasteiger partial charge in [0.1, 0.15) is 5.69 Å². The molecule has 0 aliphatic heterocycles. The minimum absolute atomic E-state index is 0.0235. The van der Waals surface area contributed by atoms with Crippen molar-refractivity contribution < 1.29 is 4.79 Å². The molecule has 1 heterocycles. The third-order valence-corrected chi connectivity index (χ3v) is 1.55. The molecule has 0 aliphatic carbocycles. The van der Waals surface area contributed by atoms with Gasteiger partial charge in [-0.3, -0.25) is 9.48 Å². The van der Waals surface area contributed by atoms with Crippen LogP contribution in [0.5, 0.6) is 0 Å². The monoisotopic (exact) mass is 191 g/mol. The van der Waals surface area contributed by atoms with E-state index in [0.717, 1.165) is 5.69 Å². The number of carbonyl (C=O) groups is 1. The van der Waals surface area contributed by atoms with E-state index in [9.17, 15) is 4.79 Å². The lowest BCUT2D eigenvalue weighted by atomic mass is 10.3. The van der Waals surface area contributed by atoms with Crippen molar-refractivity contribution in [3.8, 4) is 11.8 Å². The molecule has 74 valence electrons. The third kappa shape index (κ3) is 3.76. The second-order valence-electron chi connectivity index (χ2n) is 2.91. The maximum Gasteiger partial charge on any atom is 0.216 e. The van der Waals surface area contributed by atoms with Crippen LogP contribution in [0.15, 0.2) is 12.3 Å². The van der Waals surface area contributed by atoms with E-state index in [4.69, 9.17) is 0 Å². The summed E-state index contributed by atoms with van der Waals surface area (Å²) < 4.78 is 1.71. The van der Waals surface area contributed by atoms with Gasteiger partial charge in [-0.2, -0.15) is 5.10 Å². The van der Waals surface area contributed by atoms with Crippen molar-refractivity contribution in [3.63, 3.8) is 0 Å². The largest absolute Gasteiger partial charge is 0.355 e. The van der Waals surface area contributed by atoms with Crippen LogP contribution in [0.2, 0.25) is 0 Å². The zero-order chi connectivity index (χ0) is 10.4. The summed E-state index contributed by atoms with van der Waals surface area (Å²) in [6, 6.07) is 1.85. The van der Waals surface area contributed by atoms with E-state index in [1.807, 2.05) is 19.3 Å². The van der Waals surface area contributed by atoms with E-state index >= 15 is 0 Å². The zero-order valence-corrected chi connectivity index (χ0v) is 8.37. The highest BCUT2D eigenvalue weighted by molar-refractivity contribution is 5.72.